The maximum Gasteiger partial charge on any atom is 0.410 e. The number of likely N-dealkylation sites (tertiary alicyclic amines) is 1. The van der Waals surface area contributed by atoms with E-state index in [1.807, 2.05) is 58.0 Å². The van der Waals surface area contributed by atoms with Crippen LogP contribution in [0.3, 0.4) is 0 Å². The molecule has 1 aromatic carbocycles. The van der Waals surface area contributed by atoms with Crippen LogP contribution in [0, 0.1) is 0 Å². The summed E-state index contributed by atoms with van der Waals surface area (Å²) in [5.74, 6) is 0.126. The zero-order valence-corrected chi connectivity index (χ0v) is 15.8. The predicted octanol–water partition coefficient (Wildman–Crippen LogP) is 3.59. The zero-order valence-electron chi connectivity index (χ0n) is 15.8. The van der Waals surface area contributed by atoms with Gasteiger partial charge in [0.15, 0.2) is 5.78 Å². The highest BCUT2D eigenvalue weighted by Gasteiger charge is 2.31. The van der Waals surface area contributed by atoms with Gasteiger partial charge in [-0.15, -0.1) is 0 Å². The molecule has 0 aromatic heterocycles. The van der Waals surface area contributed by atoms with Crippen LogP contribution < -0.4 is 0 Å². The first-order chi connectivity index (χ1) is 11.8. The number of ketones is 1. The molecule has 25 heavy (non-hydrogen) atoms. The Hall–Kier alpha value is -1.88. The number of hydrogen-bond donors (Lipinski definition) is 0. The lowest BCUT2D eigenvalue weighted by Gasteiger charge is -2.39. The van der Waals surface area contributed by atoms with Gasteiger partial charge >= 0.3 is 6.09 Å². The molecule has 1 atom stereocenters. The van der Waals surface area contributed by atoms with Gasteiger partial charge in [0.25, 0.3) is 0 Å². The number of carbonyl (C=O) groups excluding carboxylic acids is 2. The molecule has 1 saturated heterocycles. The van der Waals surface area contributed by atoms with Gasteiger partial charge in [0, 0.05) is 24.7 Å². The number of nitrogens with zero attached hydrogens (tertiary/aromatic N) is 2. The molecule has 1 aliphatic rings. The smallest absolute Gasteiger partial charge is 0.410 e. The molecule has 1 aliphatic heterocycles. The minimum atomic E-state index is -0.498. The Bertz CT molecular complexity index is 580. The molecular weight excluding hydrogens is 316 g/mol. The molecule has 1 amide bonds. The first-order valence-electron chi connectivity index (χ1n) is 9.10. The molecule has 0 saturated carbocycles. The van der Waals surface area contributed by atoms with Crippen LogP contribution in [-0.4, -0.2) is 59.5 Å². The fourth-order valence-electron chi connectivity index (χ4n) is 3.20. The second-order valence-corrected chi connectivity index (χ2v) is 7.59. The van der Waals surface area contributed by atoms with Crippen LogP contribution in [0.4, 0.5) is 4.79 Å². The molecular formula is C20H30N2O3. The molecule has 0 radical (unpaired) electrons. The Morgan fingerprint density at radius 1 is 1.24 bits per heavy atom. The molecule has 5 heteroatoms. The number of piperidine rings is 1. The molecule has 5 nitrogen and oxygen atoms in total. The van der Waals surface area contributed by atoms with Gasteiger partial charge in [-0.2, -0.15) is 0 Å². The van der Waals surface area contributed by atoms with E-state index < -0.39 is 5.60 Å². The van der Waals surface area contributed by atoms with Crippen molar-refractivity contribution in [1.82, 2.24) is 9.80 Å². The lowest BCUT2D eigenvalue weighted by atomic mass is 10.0. The average Bonchev–Trinajstić information content (AvgIpc) is 2.55. The number of ether oxygens (including phenoxy) is 1. The Morgan fingerprint density at radius 3 is 2.52 bits per heavy atom. The van der Waals surface area contributed by atoms with Gasteiger partial charge in [0.1, 0.15) is 5.60 Å². The van der Waals surface area contributed by atoms with Crippen molar-refractivity contribution in [2.75, 3.05) is 26.2 Å². The minimum absolute atomic E-state index is 0.0946. The summed E-state index contributed by atoms with van der Waals surface area (Å²) < 4.78 is 5.53. The summed E-state index contributed by atoms with van der Waals surface area (Å²) >= 11 is 0. The molecule has 1 heterocycles. The van der Waals surface area contributed by atoms with Crippen LogP contribution in [-0.2, 0) is 4.74 Å². The fourth-order valence-corrected chi connectivity index (χ4v) is 3.20. The largest absolute Gasteiger partial charge is 0.444 e. The third-order valence-electron chi connectivity index (χ3n) is 4.35. The fraction of sp³-hybridized carbons (Fsp3) is 0.600. The summed E-state index contributed by atoms with van der Waals surface area (Å²) in [6.07, 6.45) is 1.66. The molecule has 0 N–H and O–H groups in total. The number of rotatable bonds is 5. The van der Waals surface area contributed by atoms with Crippen molar-refractivity contribution in [2.45, 2.75) is 52.2 Å². The maximum absolute atomic E-state index is 12.5. The predicted molar refractivity (Wildman–Crippen MR) is 98.8 cm³/mol. The molecule has 1 fully saturated rings. The Balaban J connectivity index is 1.97. The van der Waals surface area contributed by atoms with Gasteiger partial charge in [0.2, 0.25) is 0 Å². The number of Topliss-reactive ketones (excluding diaryl/α,β-unsaturated/α-hetero) is 1. The quantitative estimate of drug-likeness (QED) is 0.765. The molecule has 0 aliphatic carbocycles. The zero-order chi connectivity index (χ0) is 18.4. The van der Waals surface area contributed by atoms with Crippen molar-refractivity contribution >= 4 is 11.9 Å². The van der Waals surface area contributed by atoms with Crippen molar-refractivity contribution in [3.05, 3.63) is 35.9 Å². The van der Waals surface area contributed by atoms with Crippen molar-refractivity contribution in [3.63, 3.8) is 0 Å². The summed E-state index contributed by atoms with van der Waals surface area (Å²) in [4.78, 5) is 28.8. The highest BCUT2D eigenvalue weighted by Crippen LogP contribution is 2.19. The first kappa shape index (κ1) is 19.4. The van der Waals surface area contributed by atoms with E-state index in [9.17, 15) is 9.59 Å². The van der Waals surface area contributed by atoms with Gasteiger partial charge in [0.05, 0.1) is 6.54 Å². The van der Waals surface area contributed by atoms with Gasteiger partial charge in [-0.05, 0) is 47.1 Å². The average molecular weight is 346 g/mol. The van der Waals surface area contributed by atoms with E-state index in [4.69, 9.17) is 4.74 Å². The summed E-state index contributed by atoms with van der Waals surface area (Å²) in [7, 11) is 0. The van der Waals surface area contributed by atoms with Crippen molar-refractivity contribution < 1.29 is 14.3 Å². The number of carbonyl (C=O) groups is 2. The van der Waals surface area contributed by atoms with Crippen LogP contribution in [0.1, 0.15) is 50.9 Å². The molecule has 138 valence electrons. The standard InChI is InChI=1S/C20H30N2O3/c1-5-22(19(24)25-20(2,3)4)17-12-9-13-21(14-17)15-18(23)16-10-7-6-8-11-16/h6-8,10-11,17H,5,9,12-15H2,1-4H3. The topological polar surface area (TPSA) is 49.9 Å². The van der Waals surface area contributed by atoms with E-state index in [2.05, 4.69) is 4.90 Å². The van der Waals surface area contributed by atoms with E-state index >= 15 is 0 Å². The van der Waals surface area contributed by atoms with E-state index in [0.29, 0.717) is 19.6 Å². The van der Waals surface area contributed by atoms with E-state index in [0.717, 1.165) is 24.9 Å². The van der Waals surface area contributed by atoms with Crippen LogP contribution in [0.15, 0.2) is 30.3 Å². The highest BCUT2D eigenvalue weighted by molar-refractivity contribution is 5.97. The minimum Gasteiger partial charge on any atom is -0.444 e. The van der Waals surface area contributed by atoms with Crippen molar-refractivity contribution in [3.8, 4) is 0 Å². The monoisotopic (exact) mass is 346 g/mol. The van der Waals surface area contributed by atoms with Gasteiger partial charge in [-0.1, -0.05) is 30.3 Å². The van der Waals surface area contributed by atoms with Crippen LogP contribution >= 0.6 is 0 Å². The van der Waals surface area contributed by atoms with Crippen LogP contribution in [0.25, 0.3) is 0 Å². The Morgan fingerprint density at radius 2 is 1.92 bits per heavy atom. The second-order valence-electron chi connectivity index (χ2n) is 7.59. The van der Waals surface area contributed by atoms with Crippen molar-refractivity contribution in [2.24, 2.45) is 0 Å². The second kappa shape index (κ2) is 8.48. The molecule has 0 spiro atoms. The number of amides is 1. The Kier molecular flexibility index (Phi) is 6.59. The molecule has 1 aromatic rings. The Labute approximate surface area is 150 Å². The lowest BCUT2D eigenvalue weighted by molar-refractivity contribution is 0.00818. The van der Waals surface area contributed by atoms with Crippen LogP contribution in [0.2, 0.25) is 0 Å². The lowest BCUT2D eigenvalue weighted by Crippen LogP contribution is -2.52. The van der Waals surface area contributed by atoms with Gasteiger partial charge in [-0.3, -0.25) is 9.69 Å². The van der Waals surface area contributed by atoms with Crippen LogP contribution in [0.5, 0.6) is 0 Å². The molecule has 2 rings (SSSR count). The normalized spacial score (nSPS) is 18.6. The van der Waals surface area contributed by atoms with Gasteiger partial charge < -0.3 is 9.64 Å². The highest BCUT2D eigenvalue weighted by atomic mass is 16.6. The van der Waals surface area contributed by atoms with Crippen molar-refractivity contribution in [1.29, 1.82) is 0 Å². The SMILES string of the molecule is CCN(C(=O)OC(C)(C)C)C1CCCN(CC(=O)c2ccccc2)C1. The summed E-state index contributed by atoms with van der Waals surface area (Å²) in [6.45, 7) is 10.2. The summed E-state index contributed by atoms with van der Waals surface area (Å²) in [6, 6.07) is 9.47. The summed E-state index contributed by atoms with van der Waals surface area (Å²) in [5, 5.41) is 0. The maximum atomic E-state index is 12.5. The number of hydrogen-bond acceptors (Lipinski definition) is 4. The summed E-state index contributed by atoms with van der Waals surface area (Å²) in [5.41, 5.74) is 0.242. The van der Waals surface area contributed by atoms with E-state index in [-0.39, 0.29) is 17.9 Å². The number of likely N-dealkylation sites (N-methyl/N-ethyl adjacent to an activating group) is 1. The third kappa shape index (κ3) is 5.85. The first-order valence-corrected chi connectivity index (χ1v) is 9.10. The van der Waals surface area contributed by atoms with E-state index in [1.165, 1.54) is 0 Å². The third-order valence-corrected chi connectivity index (χ3v) is 4.35. The van der Waals surface area contributed by atoms with E-state index in [1.54, 1.807) is 4.90 Å². The van der Waals surface area contributed by atoms with Gasteiger partial charge in [-0.25, -0.2) is 4.79 Å². The molecule has 0 bridgehead atoms. The number of benzene rings is 1. The molecule has 1 unspecified atom stereocenters.